The lowest BCUT2D eigenvalue weighted by atomic mass is 9.77. The van der Waals surface area contributed by atoms with Gasteiger partial charge in [-0.1, -0.05) is 31.9 Å². The highest BCUT2D eigenvalue weighted by Crippen LogP contribution is 2.39. The third-order valence-corrected chi connectivity index (χ3v) is 5.58. The van der Waals surface area contributed by atoms with Crippen molar-refractivity contribution in [3.8, 4) is 16.9 Å². The summed E-state index contributed by atoms with van der Waals surface area (Å²) in [4.78, 5) is 0. The molecule has 3 heteroatoms. The molecule has 1 fully saturated rings. The van der Waals surface area contributed by atoms with E-state index in [1.54, 1.807) is 19.1 Å². The number of benzene rings is 2. The molecule has 2 aromatic carbocycles. The Morgan fingerprint density at radius 3 is 2.20 bits per heavy atom. The molecule has 25 heavy (non-hydrogen) atoms. The molecular formula is C22H26F2O. The fraction of sp³-hybridized carbons (Fsp3) is 0.455. The fourth-order valence-electron chi connectivity index (χ4n) is 4.06. The molecule has 1 nitrogen and oxygen atoms in total. The van der Waals surface area contributed by atoms with E-state index in [2.05, 4.69) is 6.92 Å². The first kappa shape index (κ1) is 17.9. The SMILES string of the molecule is CCCC1CCC(c2cc(F)c(-c3ccc(C)c(O)c3)c(F)c2)CC1. The van der Waals surface area contributed by atoms with Crippen molar-refractivity contribution in [2.75, 3.05) is 0 Å². The zero-order chi connectivity index (χ0) is 18.0. The first-order chi connectivity index (χ1) is 12.0. The van der Waals surface area contributed by atoms with Gasteiger partial charge in [-0.3, -0.25) is 0 Å². The fourth-order valence-corrected chi connectivity index (χ4v) is 4.06. The number of aromatic hydroxyl groups is 1. The summed E-state index contributed by atoms with van der Waals surface area (Å²) in [5, 5.41) is 9.83. The van der Waals surface area contributed by atoms with Gasteiger partial charge < -0.3 is 5.11 Å². The third-order valence-electron chi connectivity index (χ3n) is 5.58. The van der Waals surface area contributed by atoms with Gasteiger partial charge >= 0.3 is 0 Å². The number of phenols is 1. The summed E-state index contributed by atoms with van der Waals surface area (Å²) < 4.78 is 29.3. The Morgan fingerprint density at radius 1 is 1.00 bits per heavy atom. The molecule has 0 unspecified atom stereocenters. The minimum atomic E-state index is -0.547. The molecular weight excluding hydrogens is 318 g/mol. The van der Waals surface area contributed by atoms with Crippen LogP contribution in [0.3, 0.4) is 0 Å². The van der Waals surface area contributed by atoms with Gasteiger partial charge in [0.15, 0.2) is 0 Å². The van der Waals surface area contributed by atoms with E-state index in [9.17, 15) is 13.9 Å². The van der Waals surface area contributed by atoms with Gasteiger partial charge in [0.05, 0.1) is 5.56 Å². The summed E-state index contributed by atoms with van der Waals surface area (Å²) in [6, 6.07) is 7.71. The molecule has 0 aliphatic heterocycles. The van der Waals surface area contributed by atoms with E-state index in [0.717, 1.165) is 37.2 Å². The van der Waals surface area contributed by atoms with Crippen LogP contribution in [0.25, 0.3) is 11.1 Å². The molecule has 0 atom stereocenters. The van der Waals surface area contributed by atoms with Gasteiger partial charge in [0.1, 0.15) is 17.4 Å². The highest BCUT2D eigenvalue weighted by molar-refractivity contribution is 5.67. The van der Waals surface area contributed by atoms with E-state index < -0.39 is 11.6 Å². The first-order valence-corrected chi connectivity index (χ1v) is 9.28. The quantitative estimate of drug-likeness (QED) is 0.653. The van der Waals surface area contributed by atoms with Crippen molar-refractivity contribution in [1.29, 1.82) is 0 Å². The second kappa shape index (κ2) is 7.55. The van der Waals surface area contributed by atoms with Crippen molar-refractivity contribution >= 4 is 0 Å². The molecule has 2 aromatic rings. The molecule has 0 aromatic heterocycles. The predicted molar refractivity (Wildman–Crippen MR) is 97.8 cm³/mol. The number of aryl methyl sites for hydroxylation is 1. The van der Waals surface area contributed by atoms with Gasteiger partial charge in [0.2, 0.25) is 0 Å². The lowest BCUT2D eigenvalue weighted by Crippen LogP contribution is -2.13. The Balaban J connectivity index is 1.84. The van der Waals surface area contributed by atoms with Crippen LogP contribution in [-0.4, -0.2) is 5.11 Å². The van der Waals surface area contributed by atoms with Gasteiger partial charge in [-0.05, 0) is 79.3 Å². The topological polar surface area (TPSA) is 20.2 Å². The minimum Gasteiger partial charge on any atom is -0.508 e. The molecule has 0 saturated heterocycles. The molecule has 134 valence electrons. The van der Waals surface area contributed by atoms with Crippen LogP contribution < -0.4 is 0 Å². The van der Waals surface area contributed by atoms with Crippen LogP contribution in [0.15, 0.2) is 30.3 Å². The van der Waals surface area contributed by atoms with Crippen LogP contribution in [0.4, 0.5) is 8.78 Å². The molecule has 3 rings (SSSR count). The summed E-state index contributed by atoms with van der Waals surface area (Å²) in [5.41, 5.74) is 1.77. The summed E-state index contributed by atoms with van der Waals surface area (Å²) in [6.07, 6.45) is 6.77. The molecule has 0 bridgehead atoms. The highest BCUT2D eigenvalue weighted by atomic mass is 19.1. The summed E-state index contributed by atoms with van der Waals surface area (Å²) in [5.74, 6) is -0.0270. The number of phenolic OH excluding ortho intramolecular Hbond substituents is 1. The molecule has 1 aliphatic rings. The molecule has 0 heterocycles. The Labute approximate surface area is 148 Å². The minimum absolute atomic E-state index is 0.0506. The van der Waals surface area contributed by atoms with Crippen molar-refractivity contribution in [3.63, 3.8) is 0 Å². The van der Waals surface area contributed by atoms with E-state index in [4.69, 9.17) is 0 Å². The largest absolute Gasteiger partial charge is 0.508 e. The molecule has 1 N–H and O–H groups in total. The zero-order valence-corrected chi connectivity index (χ0v) is 15.0. The first-order valence-electron chi connectivity index (χ1n) is 9.28. The third kappa shape index (κ3) is 3.86. The molecule has 1 aliphatic carbocycles. The van der Waals surface area contributed by atoms with E-state index in [1.807, 2.05) is 0 Å². The van der Waals surface area contributed by atoms with Gasteiger partial charge in [-0.15, -0.1) is 0 Å². The average Bonchev–Trinajstić information content (AvgIpc) is 2.58. The van der Waals surface area contributed by atoms with Crippen LogP contribution >= 0.6 is 0 Å². The number of halogens is 2. The van der Waals surface area contributed by atoms with Crippen molar-refractivity contribution in [3.05, 3.63) is 53.1 Å². The summed E-state index contributed by atoms with van der Waals surface area (Å²) in [6.45, 7) is 3.96. The van der Waals surface area contributed by atoms with Crippen molar-refractivity contribution < 1.29 is 13.9 Å². The van der Waals surface area contributed by atoms with Crippen LogP contribution in [-0.2, 0) is 0 Å². The maximum Gasteiger partial charge on any atom is 0.134 e. The monoisotopic (exact) mass is 344 g/mol. The molecule has 0 spiro atoms. The molecule has 0 radical (unpaired) electrons. The van der Waals surface area contributed by atoms with Gasteiger partial charge in [0, 0.05) is 0 Å². The van der Waals surface area contributed by atoms with E-state index >= 15 is 0 Å². The predicted octanol–water partition coefficient (Wildman–Crippen LogP) is 6.72. The van der Waals surface area contributed by atoms with Gasteiger partial charge in [-0.2, -0.15) is 0 Å². The highest BCUT2D eigenvalue weighted by Gasteiger charge is 2.24. The molecule has 0 amide bonds. The second-order valence-corrected chi connectivity index (χ2v) is 7.37. The van der Waals surface area contributed by atoms with Gasteiger partial charge in [-0.25, -0.2) is 8.78 Å². The van der Waals surface area contributed by atoms with Crippen molar-refractivity contribution in [2.24, 2.45) is 5.92 Å². The summed E-state index contributed by atoms with van der Waals surface area (Å²) in [7, 11) is 0. The standard InChI is InChI=1S/C22H26F2O/c1-3-4-15-6-9-16(10-7-15)18-11-19(23)22(20(24)12-18)17-8-5-14(2)21(25)13-17/h5,8,11-13,15-16,25H,3-4,6-7,9-10H2,1-2H3. The van der Waals surface area contributed by atoms with E-state index in [-0.39, 0.29) is 17.2 Å². The number of hydrogen-bond acceptors (Lipinski definition) is 1. The van der Waals surface area contributed by atoms with E-state index in [0.29, 0.717) is 11.1 Å². The van der Waals surface area contributed by atoms with Crippen LogP contribution in [0, 0.1) is 24.5 Å². The lowest BCUT2D eigenvalue weighted by molar-refractivity contribution is 0.307. The summed E-state index contributed by atoms with van der Waals surface area (Å²) >= 11 is 0. The Hall–Kier alpha value is -1.90. The Kier molecular flexibility index (Phi) is 5.41. The van der Waals surface area contributed by atoms with Crippen LogP contribution in [0.5, 0.6) is 5.75 Å². The van der Waals surface area contributed by atoms with Gasteiger partial charge in [0.25, 0.3) is 0 Å². The Morgan fingerprint density at radius 2 is 1.64 bits per heavy atom. The second-order valence-electron chi connectivity index (χ2n) is 7.37. The zero-order valence-electron chi connectivity index (χ0n) is 15.0. The van der Waals surface area contributed by atoms with E-state index in [1.165, 1.54) is 31.0 Å². The maximum absolute atomic E-state index is 14.7. The normalized spacial score (nSPS) is 20.6. The Bertz CT molecular complexity index is 723. The average molecular weight is 344 g/mol. The van der Waals surface area contributed by atoms with Crippen molar-refractivity contribution in [2.45, 2.75) is 58.3 Å². The van der Waals surface area contributed by atoms with Crippen molar-refractivity contribution in [1.82, 2.24) is 0 Å². The number of rotatable bonds is 4. The number of hydrogen-bond donors (Lipinski definition) is 1. The molecule has 1 saturated carbocycles. The maximum atomic E-state index is 14.7. The van der Waals surface area contributed by atoms with Crippen LogP contribution in [0.1, 0.15) is 62.5 Å². The van der Waals surface area contributed by atoms with Crippen LogP contribution in [0.2, 0.25) is 0 Å². The lowest BCUT2D eigenvalue weighted by Gasteiger charge is -2.29. The smallest absolute Gasteiger partial charge is 0.134 e.